The van der Waals surface area contributed by atoms with Gasteiger partial charge in [0.15, 0.2) is 0 Å². The van der Waals surface area contributed by atoms with Gasteiger partial charge < -0.3 is 20.9 Å². The minimum atomic E-state index is -0.246. The highest BCUT2D eigenvalue weighted by molar-refractivity contribution is 5.92. The molecule has 0 radical (unpaired) electrons. The van der Waals surface area contributed by atoms with Crippen molar-refractivity contribution < 1.29 is 9.59 Å². The van der Waals surface area contributed by atoms with Gasteiger partial charge in [0.25, 0.3) is 0 Å². The molecule has 6 heteroatoms. The number of benzene rings is 2. The average Bonchev–Trinajstić information content (AvgIpc) is 3.06. The molecule has 4 N–H and O–H groups in total. The number of para-hydroxylation sites is 1. The fourth-order valence-corrected chi connectivity index (χ4v) is 3.07. The molecule has 1 heterocycles. The number of urea groups is 1. The first-order chi connectivity index (χ1) is 13.5. The molecule has 3 rings (SSSR count). The summed E-state index contributed by atoms with van der Waals surface area (Å²) in [5.41, 5.74) is 3.75. The Labute approximate surface area is 164 Å². The van der Waals surface area contributed by atoms with E-state index in [2.05, 4.69) is 33.1 Å². The number of fused-ring (bicyclic) bond motifs is 1. The van der Waals surface area contributed by atoms with Crippen molar-refractivity contribution in [1.29, 1.82) is 0 Å². The van der Waals surface area contributed by atoms with Crippen molar-refractivity contribution in [3.63, 3.8) is 0 Å². The van der Waals surface area contributed by atoms with Gasteiger partial charge in [0.2, 0.25) is 5.91 Å². The van der Waals surface area contributed by atoms with E-state index >= 15 is 0 Å². The lowest BCUT2D eigenvalue weighted by Gasteiger charge is -2.11. The molecule has 0 unspecified atom stereocenters. The Balaban J connectivity index is 1.45. The van der Waals surface area contributed by atoms with Crippen molar-refractivity contribution in [2.45, 2.75) is 39.2 Å². The van der Waals surface area contributed by atoms with Crippen LogP contribution in [-0.4, -0.2) is 23.0 Å². The van der Waals surface area contributed by atoms with Crippen LogP contribution in [0.2, 0.25) is 0 Å². The summed E-state index contributed by atoms with van der Waals surface area (Å²) >= 11 is 0. The summed E-state index contributed by atoms with van der Waals surface area (Å²) in [5, 5.41) is 9.63. The fraction of sp³-hybridized carbons (Fsp3) is 0.273. The van der Waals surface area contributed by atoms with E-state index in [1.807, 2.05) is 32.2 Å². The molecule has 6 nitrogen and oxygen atoms in total. The maximum absolute atomic E-state index is 12.2. The Kier molecular flexibility index (Phi) is 6.32. The van der Waals surface area contributed by atoms with E-state index in [1.165, 1.54) is 10.9 Å². The lowest BCUT2D eigenvalue weighted by molar-refractivity contribution is -0.116. The average molecular weight is 378 g/mol. The van der Waals surface area contributed by atoms with E-state index in [0.717, 1.165) is 18.4 Å². The third kappa shape index (κ3) is 5.36. The van der Waals surface area contributed by atoms with Crippen molar-refractivity contribution in [3.8, 4) is 0 Å². The van der Waals surface area contributed by atoms with Gasteiger partial charge in [0.05, 0.1) is 0 Å². The van der Waals surface area contributed by atoms with Crippen LogP contribution in [0.15, 0.2) is 54.7 Å². The molecular formula is C22H26N4O2. The molecule has 28 heavy (non-hydrogen) atoms. The van der Waals surface area contributed by atoms with E-state index in [9.17, 15) is 9.59 Å². The van der Waals surface area contributed by atoms with E-state index in [0.29, 0.717) is 17.8 Å². The van der Waals surface area contributed by atoms with E-state index < -0.39 is 0 Å². The van der Waals surface area contributed by atoms with Crippen LogP contribution >= 0.6 is 0 Å². The largest absolute Gasteiger partial charge is 0.361 e. The number of aromatic nitrogens is 1. The Morgan fingerprint density at radius 3 is 2.36 bits per heavy atom. The van der Waals surface area contributed by atoms with Crippen LogP contribution in [0, 0.1) is 0 Å². The molecule has 3 aromatic rings. The zero-order chi connectivity index (χ0) is 19.9. The summed E-state index contributed by atoms with van der Waals surface area (Å²) in [6.45, 7) is 3.80. The van der Waals surface area contributed by atoms with Crippen molar-refractivity contribution in [1.82, 2.24) is 10.3 Å². The first-order valence-electron chi connectivity index (χ1n) is 9.53. The summed E-state index contributed by atoms with van der Waals surface area (Å²) in [5.74, 6) is -0.0156. The second kappa shape index (κ2) is 9.08. The minimum absolute atomic E-state index is 0.0156. The molecule has 0 aliphatic heterocycles. The Bertz CT molecular complexity index is 945. The van der Waals surface area contributed by atoms with Gasteiger partial charge in [-0.05, 0) is 62.6 Å². The number of amides is 3. The van der Waals surface area contributed by atoms with E-state index in [4.69, 9.17) is 0 Å². The number of carbonyl (C=O) groups excluding carboxylic acids is 2. The van der Waals surface area contributed by atoms with Gasteiger partial charge in [-0.3, -0.25) is 4.79 Å². The monoisotopic (exact) mass is 378 g/mol. The van der Waals surface area contributed by atoms with Gasteiger partial charge >= 0.3 is 6.03 Å². The summed E-state index contributed by atoms with van der Waals surface area (Å²) in [6.07, 6.45) is 4.11. The highest BCUT2D eigenvalue weighted by Crippen LogP contribution is 2.20. The molecule has 0 atom stereocenters. The molecule has 3 amide bonds. The van der Waals surface area contributed by atoms with Gasteiger partial charge in [-0.1, -0.05) is 18.2 Å². The third-order valence-corrected chi connectivity index (χ3v) is 4.37. The van der Waals surface area contributed by atoms with Crippen LogP contribution in [0.25, 0.3) is 10.9 Å². The molecule has 0 aliphatic rings. The van der Waals surface area contributed by atoms with Crippen LogP contribution in [0.5, 0.6) is 0 Å². The quantitative estimate of drug-likeness (QED) is 0.482. The maximum atomic E-state index is 12.2. The van der Waals surface area contributed by atoms with Gasteiger partial charge in [-0.2, -0.15) is 0 Å². The van der Waals surface area contributed by atoms with Gasteiger partial charge in [0.1, 0.15) is 0 Å². The first-order valence-corrected chi connectivity index (χ1v) is 9.53. The highest BCUT2D eigenvalue weighted by atomic mass is 16.2. The number of hydrogen-bond acceptors (Lipinski definition) is 2. The number of nitrogens with one attached hydrogen (secondary N) is 4. The van der Waals surface area contributed by atoms with Gasteiger partial charge in [-0.15, -0.1) is 0 Å². The van der Waals surface area contributed by atoms with Gasteiger partial charge in [0, 0.05) is 40.9 Å². The lowest BCUT2D eigenvalue weighted by atomic mass is 10.1. The number of carbonyl (C=O) groups is 2. The molecular weight excluding hydrogens is 352 g/mol. The molecule has 0 saturated heterocycles. The molecule has 0 saturated carbocycles. The van der Waals surface area contributed by atoms with Crippen LogP contribution in [0.1, 0.15) is 32.3 Å². The fourth-order valence-electron chi connectivity index (χ4n) is 3.07. The van der Waals surface area contributed by atoms with Crippen molar-refractivity contribution in [3.05, 3.63) is 60.3 Å². The normalized spacial score (nSPS) is 10.8. The summed E-state index contributed by atoms with van der Waals surface area (Å²) in [7, 11) is 0. The van der Waals surface area contributed by atoms with Crippen molar-refractivity contribution in [2.24, 2.45) is 0 Å². The second-order valence-corrected chi connectivity index (χ2v) is 7.09. The molecule has 0 spiro atoms. The second-order valence-electron chi connectivity index (χ2n) is 7.09. The number of hydrogen-bond donors (Lipinski definition) is 4. The highest BCUT2D eigenvalue weighted by Gasteiger charge is 2.07. The topological polar surface area (TPSA) is 86.0 Å². The lowest BCUT2D eigenvalue weighted by Crippen LogP contribution is -2.34. The number of rotatable bonds is 7. The summed E-state index contributed by atoms with van der Waals surface area (Å²) in [4.78, 5) is 27.1. The smallest absolute Gasteiger partial charge is 0.319 e. The molecule has 1 aromatic heterocycles. The number of anilines is 2. The zero-order valence-electron chi connectivity index (χ0n) is 16.2. The molecule has 0 fully saturated rings. The van der Waals surface area contributed by atoms with Crippen LogP contribution in [0.3, 0.4) is 0 Å². The Morgan fingerprint density at radius 1 is 0.964 bits per heavy atom. The minimum Gasteiger partial charge on any atom is -0.361 e. The number of aromatic amines is 1. The van der Waals surface area contributed by atoms with E-state index in [1.54, 1.807) is 24.3 Å². The van der Waals surface area contributed by atoms with Crippen LogP contribution in [0.4, 0.5) is 16.2 Å². The molecule has 146 valence electrons. The van der Waals surface area contributed by atoms with Crippen molar-refractivity contribution in [2.75, 3.05) is 10.6 Å². The van der Waals surface area contributed by atoms with E-state index in [-0.39, 0.29) is 18.0 Å². The predicted molar refractivity (Wildman–Crippen MR) is 114 cm³/mol. The predicted octanol–water partition coefficient (Wildman–Crippen LogP) is 4.66. The Morgan fingerprint density at radius 2 is 1.64 bits per heavy atom. The summed E-state index contributed by atoms with van der Waals surface area (Å²) in [6, 6.07) is 15.1. The molecule has 2 aromatic carbocycles. The maximum Gasteiger partial charge on any atom is 0.319 e. The zero-order valence-corrected chi connectivity index (χ0v) is 16.2. The SMILES string of the molecule is CC(C)NC(=O)Nc1ccc(NC(=O)CCCc2c[nH]c3ccccc23)cc1. The number of aryl methyl sites for hydroxylation is 1. The first kappa shape index (κ1) is 19.5. The third-order valence-electron chi connectivity index (χ3n) is 4.37. The Hall–Kier alpha value is -3.28. The number of H-pyrrole nitrogens is 1. The van der Waals surface area contributed by atoms with Crippen LogP contribution < -0.4 is 16.0 Å². The van der Waals surface area contributed by atoms with Crippen molar-refractivity contribution >= 4 is 34.2 Å². The standard InChI is InChI=1S/C22H26N4O2/c1-15(2)24-22(28)26-18-12-10-17(11-13-18)25-21(27)9-5-6-16-14-23-20-8-4-3-7-19(16)20/h3-4,7-8,10-15,23H,5-6,9H2,1-2H3,(H,25,27)(H2,24,26,28). The van der Waals surface area contributed by atoms with Gasteiger partial charge in [-0.25, -0.2) is 4.79 Å². The van der Waals surface area contributed by atoms with Crippen LogP contribution in [-0.2, 0) is 11.2 Å². The molecule has 0 bridgehead atoms. The molecule has 0 aliphatic carbocycles. The summed E-state index contributed by atoms with van der Waals surface area (Å²) < 4.78 is 0.